The summed E-state index contributed by atoms with van der Waals surface area (Å²) in [6.45, 7) is 4.00. The lowest BCUT2D eigenvalue weighted by Crippen LogP contribution is -2.18. The average molecular weight is 264 g/mol. The van der Waals surface area contributed by atoms with E-state index in [1.54, 1.807) is 12.3 Å². The van der Waals surface area contributed by atoms with Crippen LogP contribution < -0.4 is 5.32 Å². The van der Waals surface area contributed by atoms with Gasteiger partial charge in [0.2, 0.25) is 11.8 Å². The molecular weight excluding hydrogens is 247 g/mol. The third-order valence-electron chi connectivity index (χ3n) is 2.37. The molecule has 0 spiro atoms. The molecule has 1 aromatic heterocycles. The highest BCUT2D eigenvalue weighted by molar-refractivity contribution is 6.01. The predicted octanol–water partition coefficient (Wildman–Crippen LogP) is 2.76. The number of aromatic amines is 1. The number of hydrogen-bond donors (Lipinski definition) is 2. The summed E-state index contributed by atoms with van der Waals surface area (Å²) in [5.74, 6) is -0.484. The number of H-pyrrole nitrogens is 1. The summed E-state index contributed by atoms with van der Waals surface area (Å²) in [7, 11) is 0. The molecule has 3 rings (SSSR count). The molecule has 1 aliphatic heterocycles. The standard InChI is InChI=1S/C8H6FN.C4H5NO2.C2H6/c9-7-1-2-8-6(5-7)3-4-10-8;6-3-1-2-4(7)5-3;1-2/h1-5,10H;1-2H2,(H,5,6,7);1-2H3. The van der Waals surface area contributed by atoms with Crippen LogP contribution in [-0.2, 0) is 9.59 Å². The number of hydrogen-bond acceptors (Lipinski definition) is 2. The van der Waals surface area contributed by atoms with Crippen molar-refractivity contribution in [2.45, 2.75) is 26.7 Å². The van der Waals surface area contributed by atoms with Crippen molar-refractivity contribution in [3.8, 4) is 0 Å². The average Bonchev–Trinajstić information content (AvgIpc) is 3.01. The number of nitrogens with one attached hydrogen (secondary N) is 2. The van der Waals surface area contributed by atoms with Crippen LogP contribution in [0.2, 0.25) is 0 Å². The predicted molar refractivity (Wildman–Crippen MR) is 72.0 cm³/mol. The Bertz CT molecular complexity index is 549. The number of amides is 2. The van der Waals surface area contributed by atoms with Crippen LogP contribution in [0.15, 0.2) is 30.5 Å². The fourth-order valence-corrected chi connectivity index (χ4v) is 1.53. The third kappa shape index (κ3) is 4.54. The molecule has 19 heavy (non-hydrogen) atoms. The number of carbonyl (C=O) groups is 2. The van der Waals surface area contributed by atoms with Gasteiger partial charge in [-0.25, -0.2) is 4.39 Å². The molecule has 2 heterocycles. The van der Waals surface area contributed by atoms with Crippen molar-refractivity contribution in [1.82, 2.24) is 10.3 Å². The van der Waals surface area contributed by atoms with E-state index in [-0.39, 0.29) is 17.6 Å². The van der Waals surface area contributed by atoms with Crippen LogP contribution in [0.3, 0.4) is 0 Å². The van der Waals surface area contributed by atoms with Crippen molar-refractivity contribution in [3.05, 3.63) is 36.3 Å². The Morgan fingerprint density at radius 2 is 1.68 bits per heavy atom. The molecule has 5 heteroatoms. The molecule has 2 N–H and O–H groups in total. The molecule has 4 nitrogen and oxygen atoms in total. The van der Waals surface area contributed by atoms with Gasteiger partial charge < -0.3 is 4.98 Å². The van der Waals surface area contributed by atoms with Gasteiger partial charge in [0.05, 0.1) is 0 Å². The van der Waals surface area contributed by atoms with Crippen LogP contribution in [0.4, 0.5) is 4.39 Å². The summed E-state index contributed by atoms with van der Waals surface area (Å²) in [4.78, 5) is 23.2. The van der Waals surface area contributed by atoms with Crippen LogP contribution in [-0.4, -0.2) is 16.8 Å². The highest BCUT2D eigenvalue weighted by Crippen LogP contribution is 2.12. The van der Waals surface area contributed by atoms with Crippen LogP contribution in [0, 0.1) is 5.82 Å². The van der Waals surface area contributed by atoms with E-state index in [1.807, 2.05) is 19.9 Å². The smallest absolute Gasteiger partial charge is 0.227 e. The number of fused-ring (bicyclic) bond motifs is 1. The van der Waals surface area contributed by atoms with Gasteiger partial charge in [0.25, 0.3) is 0 Å². The van der Waals surface area contributed by atoms with E-state index in [0.29, 0.717) is 12.8 Å². The molecule has 1 fully saturated rings. The zero-order chi connectivity index (χ0) is 14.3. The number of aromatic nitrogens is 1. The fourth-order valence-electron chi connectivity index (χ4n) is 1.53. The number of rotatable bonds is 0. The van der Waals surface area contributed by atoms with E-state index < -0.39 is 0 Å². The van der Waals surface area contributed by atoms with Crippen LogP contribution in [0.5, 0.6) is 0 Å². The molecule has 0 aliphatic carbocycles. The number of imide groups is 1. The van der Waals surface area contributed by atoms with Gasteiger partial charge in [-0.1, -0.05) is 13.8 Å². The molecule has 1 aliphatic rings. The van der Waals surface area contributed by atoms with Crippen molar-refractivity contribution in [1.29, 1.82) is 0 Å². The van der Waals surface area contributed by atoms with Gasteiger partial charge >= 0.3 is 0 Å². The zero-order valence-corrected chi connectivity index (χ0v) is 11.0. The lowest BCUT2D eigenvalue weighted by atomic mass is 10.2. The SMILES string of the molecule is CC.Fc1ccc2[nH]ccc2c1.O=C1CCC(=O)N1. The van der Waals surface area contributed by atoms with Crippen molar-refractivity contribution in [3.63, 3.8) is 0 Å². The number of halogens is 1. The van der Waals surface area contributed by atoms with E-state index in [2.05, 4.69) is 10.3 Å². The summed E-state index contributed by atoms with van der Waals surface area (Å²) in [5, 5.41) is 3.06. The summed E-state index contributed by atoms with van der Waals surface area (Å²) in [5.41, 5.74) is 0.974. The monoisotopic (exact) mass is 264 g/mol. The molecule has 0 unspecified atom stereocenters. The molecule has 0 radical (unpaired) electrons. The Labute approximate surface area is 111 Å². The number of benzene rings is 1. The molecule has 0 atom stereocenters. The van der Waals surface area contributed by atoms with E-state index in [0.717, 1.165) is 10.9 Å². The Hall–Kier alpha value is -2.17. The third-order valence-corrected chi connectivity index (χ3v) is 2.37. The second-order valence-electron chi connectivity index (χ2n) is 3.68. The molecule has 0 bridgehead atoms. The highest BCUT2D eigenvalue weighted by atomic mass is 19.1. The normalized spacial score (nSPS) is 13.2. The van der Waals surface area contributed by atoms with Gasteiger partial charge in [0.1, 0.15) is 5.82 Å². The number of carbonyl (C=O) groups excluding carboxylic acids is 2. The molecule has 2 amide bonds. The fraction of sp³-hybridized carbons (Fsp3) is 0.286. The van der Waals surface area contributed by atoms with Gasteiger partial charge in [0.15, 0.2) is 0 Å². The van der Waals surface area contributed by atoms with Crippen LogP contribution >= 0.6 is 0 Å². The van der Waals surface area contributed by atoms with Gasteiger partial charge in [-0.05, 0) is 24.3 Å². The van der Waals surface area contributed by atoms with Gasteiger partial charge in [-0.2, -0.15) is 0 Å². The van der Waals surface area contributed by atoms with Gasteiger partial charge in [-0.15, -0.1) is 0 Å². The second kappa shape index (κ2) is 7.31. The lowest BCUT2D eigenvalue weighted by molar-refractivity contribution is -0.124. The summed E-state index contributed by atoms with van der Waals surface area (Å²) in [6, 6.07) is 6.52. The van der Waals surface area contributed by atoms with Crippen LogP contribution in [0.1, 0.15) is 26.7 Å². The van der Waals surface area contributed by atoms with Gasteiger partial charge in [0, 0.05) is 29.9 Å². The molecule has 102 valence electrons. The van der Waals surface area contributed by atoms with E-state index in [1.165, 1.54) is 12.1 Å². The Morgan fingerprint density at radius 1 is 1.05 bits per heavy atom. The second-order valence-corrected chi connectivity index (χ2v) is 3.68. The minimum absolute atomic E-state index is 0.148. The van der Waals surface area contributed by atoms with E-state index in [4.69, 9.17) is 0 Å². The Morgan fingerprint density at radius 3 is 2.21 bits per heavy atom. The summed E-state index contributed by atoms with van der Waals surface area (Å²) in [6.07, 6.45) is 2.54. The molecular formula is C14H17FN2O2. The maximum atomic E-state index is 12.5. The minimum atomic E-state index is -0.188. The van der Waals surface area contributed by atoms with Crippen LogP contribution in [0.25, 0.3) is 10.9 Å². The van der Waals surface area contributed by atoms with Gasteiger partial charge in [-0.3, -0.25) is 14.9 Å². The zero-order valence-electron chi connectivity index (χ0n) is 11.0. The first kappa shape index (κ1) is 14.9. The summed E-state index contributed by atoms with van der Waals surface area (Å²) >= 11 is 0. The molecule has 2 aromatic rings. The highest BCUT2D eigenvalue weighted by Gasteiger charge is 2.15. The minimum Gasteiger partial charge on any atom is -0.361 e. The quantitative estimate of drug-likeness (QED) is 0.719. The van der Waals surface area contributed by atoms with Crippen molar-refractivity contribution in [2.75, 3.05) is 0 Å². The van der Waals surface area contributed by atoms with E-state index in [9.17, 15) is 14.0 Å². The largest absolute Gasteiger partial charge is 0.361 e. The van der Waals surface area contributed by atoms with Crippen molar-refractivity contribution >= 4 is 22.7 Å². The molecule has 1 aromatic carbocycles. The maximum Gasteiger partial charge on any atom is 0.227 e. The summed E-state index contributed by atoms with van der Waals surface area (Å²) < 4.78 is 12.5. The molecule has 1 saturated heterocycles. The molecule has 0 saturated carbocycles. The first-order valence-corrected chi connectivity index (χ1v) is 6.20. The van der Waals surface area contributed by atoms with Crippen molar-refractivity contribution in [2.24, 2.45) is 0 Å². The Kier molecular flexibility index (Phi) is 5.73. The Balaban J connectivity index is 0.000000177. The van der Waals surface area contributed by atoms with E-state index >= 15 is 0 Å². The lowest BCUT2D eigenvalue weighted by Gasteiger charge is -1.87. The van der Waals surface area contributed by atoms with Crippen molar-refractivity contribution < 1.29 is 14.0 Å². The topological polar surface area (TPSA) is 62.0 Å². The first-order valence-electron chi connectivity index (χ1n) is 6.20. The first-order chi connectivity index (χ1) is 9.15. The maximum absolute atomic E-state index is 12.5.